The van der Waals surface area contributed by atoms with E-state index in [1.807, 2.05) is 0 Å². The zero-order valence-electron chi connectivity index (χ0n) is 19.0. The van der Waals surface area contributed by atoms with Gasteiger partial charge >= 0.3 is 11.9 Å². The van der Waals surface area contributed by atoms with Crippen molar-refractivity contribution >= 4 is 20.3 Å². The van der Waals surface area contributed by atoms with Gasteiger partial charge in [-0.15, -0.1) is 0 Å². The van der Waals surface area contributed by atoms with Crippen LogP contribution < -0.4 is 0 Å². The smallest absolute Gasteiger partial charge is 0.305 e. The summed E-state index contributed by atoms with van der Waals surface area (Å²) in [5, 5.41) is 0. The Kier molecular flexibility index (Phi) is 16.5. The summed E-state index contributed by atoms with van der Waals surface area (Å²) in [7, 11) is -1.83. The number of ether oxygens (including phenoxy) is 2. The van der Waals surface area contributed by atoms with Crippen molar-refractivity contribution in [2.75, 3.05) is 13.2 Å². The fraction of sp³-hybridized carbons (Fsp3) is 0.909. The van der Waals surface area contributed by atoms with Crippen LogP contribution in [0.2, 0.25) is 19.6 Å². The molecule has 1 unspecified atom stereocenters. The molecule has 0 rings (SSSR count). The van der Waals surface area contributed by atoms with E-state index >= 15 is 0 Å². The summed E-state index contributed by atoms with van der Waals surface area (Å²) in [6, 6.07) is 0. The van der Waals surface area contributed by atoms with Gasteiger partial charge in [-0.1, -0.05) is 65.2 Å². The van der Waals surface area contributed by atoms with Crippen LogP contribution in [-0.2, 0) is 23.5 Å². The predicted octanol–water partition coefficient (Wildman–Crippen LogP) is 6.01. The maximum atomic E-state index is 12.0. The van der Waals surface area contributed by atoms with E-state index in [1.54, 1.807) is 0 Å². The van der Waals surface area contributed by atoms with Gasteiger partial charge in [-0.25, -0.2) is 0 Å². The number of hydrogen-bond donors (Lipinski definition) is 0. The molecule has 0 aliphatic heterocycles. The molecule has 0 fully saturated rings. The third-order valence-electron chi connectivity index (χ3n) is 4.35. The summed E-state index contributed by atoms with van der Waals surface area (Å²) in [6.07, 6.45) is 11.7. The third kappa shape index (κ3) is 18.5. The van der Waals surface area contributed by atoms with E-state index in [0.717, 1.165) is 32.1 Å². The van der Waals surface area contributed by atoms with Crippen LogP contribution >= 0.6 is 0 Å². The lowest BCUT2D eigenvalue weighted by Crippen LogP contribution is -2.38. The molecule has 0 aliphatic rings. The highest BCUT2D eigenvalue weighted by atomic mass is 28.4. The minimum Gasteiger partial charge on any atom is -0.463 e. The highest BCUT2D eigenvalue weighted by Gasteiger charge is 2.23. The molecule has 0 radical (unpaired) electrons. The van der Waals surface area contributed by atoms with Gasteiger partial charge in [0.15, 0.2) is 8.32 Å². The first-order valence-corrected chi connectivity index (χ1v) is 14.7. The monoisotopic (exact) mass is 416 g/mol. The Hall–Kier alpha value is -0.883. The maximum absolute atomic E-state index is 12.0. The highest BCUT2D eigenvalue weighted by molar-refractivity contribution is 6.69. The largest absolute Gasteiger partial charge is 0.463 e. The molecule has 0 saturated carbocycles. The summed E-state index contributed by atoms with van der Waals surface area (Å²) in [4.78, 5) is 23.8. The van der Waals surface area contributed by atoms with Gasteiger partial charge in [0.05, 0.1) is 0 Å². The average molecular weight is 417 g/mol. The molecule has 0 aromatic rings. The van der Waals surface area contributed by atoms with E-state index in [-0.39, 0.29) is 31.3 Å². The molecule has 28 heavy (non-hydrogen) atoms. The molecule has 166 valence electrons. The van der Waals surface area contributed by atoms with Gasteiger partial charge in [0.25, 0.3) is 0 Å². The zero-order valence-corrected chi connectivity index (χ0v) is 20.0. The minimum atomic E-state index is -1.83. The van der Waals surface area contributed by atoms with Gasteiger partial charge in [0.1, 0.15) is 19.3 Å². The molecule has 0 N–H and O–H groups in total. The summed E-state index contributed by atoms with van der Waals surface area (Å²) in [6.45, 7) is 10.8. The summed E-state index contributed by atoms with van der Waals surface area (Å²) in [5.41, 5.74) is 0. The lowest BCUT2D eigenvalue weighted by molar-refractivity contribution is -0.151. The second-order valence-electron chi connectivity index (χ2n) is 8.55. The molecule has 0 aromatic heterocycles. The van der Waals surface area contributed by atoms with Gasteiger partial charge in [0.2, 0.25) is 0 Å². The van der Waals surface area contributed by atoms with Crippen LogP contribution in [0, 0.1) is 0 Å². The molecule has 0 aliphatic carbocycles. The van der Waals surface area contributed by atoms with Crippen molar-refractivity contribution in [1.29, 1.82) is 0 Å². The van der Waals surface area contributed by atoms with E-state index < -0.39 is 8.32 Å². The Morgan fingerprint density at radius 1 is 0.679 bits per heavy atom. The van der Waals surface area contributed by atoms with Crippen LogP contribution in [-0.4, -0.2) is 39.6 Å². The average Bonchev–Trinajstić information content (AvgIpc) is 2.62. The van der Waals surface area contributed by atoms with E-state index in [0.29, 0.717) is 12.8 Å². The van der Waals surface area contributed by atoms with Crippen molar-refractivity contribution in [2.45, 2.75) is 117 Å². The number of unbranched alkanes of at least 4 members (excludes halogenated alkanes) is 8. The van der Waals surface area contributed by atoms with Gasteiger partial charge in [0, 0.05) is 12.8 Å². The first kappa shape index (κ1) is 27.1. The Balaban J connectivity index is 4.09. The van der Waals surface area contributed by atoms with Gasteiger partial charge in [-0.2, -0.15) is 0 Å². The molecule has 0 heterocycles. The Morgan fingerprint density at radius 3 is 1.54 bits per heavy atom. The van der Waals surface area contributed by atoms with Gasteiger partial charge in [-0.3, -0.25) is 9.59 Å². The van der Waals surface area contributed by atoms with Crippen molar-refractivity contribution in [2.24, 2.45) is 0 Å². The molecular formula is C22H44O5Si. The molecular weight excluding hydrogens is 372 g/mol. The van der Waals surface area contributed by atoms with Crippen LogP contribution in [0.4, 0.5) is 0 Å². The SMILES string of the molecule is CCCCCCCCCC(=O)OCC(COC(=O)CCCCC)O[Si](C)(C)C. The first-order chi connectivity index (χ1) is 13.3. The molecule has 0 amide bonds. The van der Waals surface area contributed by atoms with Crippen LogP contribution in [0.5, 0.6) is 0 Å². The van der Waals surface area contributed by atoms with Crippen molar-refractivity contribution in [3.05, 3.63) is 0 Å². The Morgan fingerprint density at radius 2 is 1.07 bits per heavy atom. The fourth-order valence-electron chi connectivity index (χ4n) is 2.88. The second-order valence-corrected chi connectivity index (χ2v) is 13.0. The van der Waals surface area contributed by atoms with Crippen LogP contribution in [0.3, 0.4) is 0 Å². The van der Waals surface area contributed by atoms with E-state index in [1.165, 1.54) is 32.1 Å². The third-order valence-corrected chi connectivity index (χ3v) is 5.39. The number of rotatable bonds is 18. The van der Waals surface area contributed by atoms with Crippen molar-refractivity contribution in [3.8, 4) is 0 Å². The summed E-state index contributed by atoms with van der Waals surface area (Å²) >= 11 is 0. The molecule has 6 heteroatoms. The maximum Gasteiger partial charge on any atom is 0.305 e. The van der Waals surface area contributed by atoms with E-state index in [9.17, 15) is 9.59 Å². The topological polar surface area (TPSA) is 61.8 Å². The van der Waals surface area contributed by atoms with Crippen molar-refractivity contribution in [3.63, 3.8) is 0 Å². The normalized spacial score (nSPS) is 12.6. The molecule has 0 spiro atoms. The first-order valence-electron chi connectivity index (χ1n) is 11.3. The number of esters is 2. The van der Waals surface area contributed by atoms with Crippen molar-refractivity contribution < 1.29 is 23.5 Å². The Labute approximate surface area is 174 Å². The van der Waals surface area contributed by atoms with Crippen LogP contribution in [0.15, 0.2) is 0 Å². The lowest BCUT2D eigenvalue weighted by Gasteiger charge is -2.26. The van der Waals surface area contributed by atoms with Crippen molar-refractivity contribution in [1.82, 2.24) is 0 Å². The highest BCUT2D eigenvalue weighted by Crippen LogP contribution is 2.12. The van der Waals surface area contributed by atoms with E-state index in [2.05, 4.69) is 33.5 Å². The minimum absolute atomic E-state index is 0.153. The molecule has 5 nitrogen and oxygen atoms in total. The molecule has 0 aromatic carbocycles. The van der Waals surface area contributed by atoms with Crippen LogP contribution in [0.25, 0.3) is 0 Å². The standard InChI is InChI=1S/C22H44O5Si/c1-6-8-10-11-12-13-15-17-22(24)26-19-20(27-28(3,4)5)18-25-21(23)16-14-9-7-2/h20H,6-19H2,1-5H3. The van der Waals surface area contributed by atoms with Crippen LogP contribution in [0.1, 0.15) is 90.9 Å². The van der Waals surface area contributed by atoms with Gasteiger partial charge in [-0.05, 0) is 32.5 Å². The van der Waals surface area contributed by atoms with Gasteiger partial charge < -0.3 is 13.9 Å². The quantitative estimate of drug-likeness (QED) is 0.155. The number of hydrogen-bond acceptors (Lipinski definition) is 5. The second kappa shape index (κ2) is 17.0. The summed E-state index contributed by atoms with van der Waals surface area (Å²) < 4.78 is 16.8. The number of carbonyl (C=O) groups excluding carboxylic acids is 2. The number of carbonyl (C=O) groups is 2. The zero-order chi connectivity index (χ0) is 21.3. The fourth-order valence-corrected chi connectivity index (χ4v) is 4.01. The Bertz CT molecular complexity index is 406. The molecule has 0 saturated heterocycles. The molecule has 0 bridgehead atoms. The molecule has 1 atom stereocenters. The lowest BCUT2D eigenvalue weighted by atomic mass is 10.1. The van der Waals surface area contributed by atoms with E-state index in [4.69, 9.17) is 13.9 Å². The summed E-state index contributed by atoms with van der Waals surface area (Å²) in [5.74, 6) is -0.390. The predicted molar refractivity (Wildman–Crippen MR) is 117 cm³/mol.